The molecule has 0 radical (unpaired) electrons. The third-order valence-corrected chi connectivity index (χ3v) is 2.94. The van der Waals surface area contributed by atoms with Gasteiger partial charge in [0.25, 0.3) is 11.6 Å². The molecule has 8 heteroatoms. The van der Waals surface area contributed by atoms with Gasteiger partial charge in [-0.25, -0.2) is 0 Å². The highest BCUT2D eigenvalue weighted by molar-refractivity contribution is 6.07. The lowest BCUT2D eigenvalue weighted by Gasteiger charge is -2.06. The van der Waals surface area contributed by atoms with Crippen LogP contribution in [0.2, 0.25) is 0 Å². The van der Waals surface area contributed by atoms with E-state index in [4.69, 9.17) is 0 Å². The van der Waals surface area contributed by atoms with E-state index in [1.165, 1.54) is 18.3 Å². The Bertz CT molecular complexity index is 680. The van der Waals surface area contributed by atoms with Crippen LogP contribution in [0.15, 0.2) is 30.6 Å². The van der Waals surface area contributed by atoms with Crippen LogP contribution in [-0.2, 0) is 6.54 Å². The van der Waals surface area contributed by atoms with Crippen LogP contribution in [-0.4, -0.2) is 27.7 Å². The van der Waals surface area contributed by atoms with E-state index in [1.807, 2.05) is 6.92 Å². The number of nitro benzene ring substituents is 1. The SMILES string of the molecule is CCn1cc(NC(=O)c2cc(NC)ccc2[N+](=O)[O-])cn1. The van der Waals surface area contributed by atoms with Gasteiger partial charge in [-0.2, -0.15) is 5.10 Å². The quantitative estimate of drug-likeness (QED) is 0.648. The topological polar surface area (TPSA) is 102 Å². The highest BCUT2D eigenvalue weighted by Gasteiger charge is 2.21. The summed E-state index contributed by atoms with van der Waals surface area (Å²) in [5.74, 6) is -0.547. The highest BCUT2D eigenvalue weighted by atomic mass is 16.6. The third kappa shape index (κ3) is 3.16. The normalized spacial score (nSPS) is 10.2. The molecule has 21 heavy (non-hydrogen) atoms. The number of rotatable bonds is 5. The molecule has 1 aromatic carbocycles. The van der Waals surface area contributed by atoms with E-state index >= 15 is 0 Å². The molecule has 8 nitrogen and oxygen atoms in total. The van der Waals surface area contributed by atoms with Crippen molar-refractivity contribution in [2.75, 3.05) is 17.7 Å². The molecule has 1 heterocycles. The van der Waals surface area contributed by atoms with Crippen LogP contribution in [0.1, 0.15) is 17.3 Å². The largest absolute Gasteiger partial charge is 0.388 e. The molecule has 0 unspecified atom stereocenters. The van der Waals surface area contributed by atoms with Crippen molar-refractivity contribution in [1.29, 1.82) is 0 Å². The molecular weight excluding hydrogens is 274 g/mol. The molecular formula is C13H15N5O3. The van der Waals surface area contributed by atoms with Gasteiger partial charge in [0.05, 0.1) is 16.8 Å². The number of amides is 1. The number of anilines is 2. The van der Waals surface area contributed by atoms with E-state index in [9.17, 15) is 14.9 Å². The van der Waals surface area contributed by atoms with E-state index in [0.717, 1.165) is 0 Å². The third-order valence-electron chi connectivity index (χ3n) is 2.94. The smallest absolute Gasteiger partial charge is 0.282 e. The second kappa shape index (κ2) is 6.04. The molecule has 1 amide bonds. The van der Waals surface area contributed by atoms with Crippen LogP contribution in [0.5, 0.6) is 0 Å². The molecule has 0 aliphatic heterocycles. The van der Waals surface area contributed by atoms with E-state index < -0.39 is 10.8 Å². The average Bonchev–Trinajstić information content (AvgIpc) is 2.94. The monoisotopic (exact) mass is 289 g/mol. The predicted molar refractivity (Wildman–Crippen MR) is 78.5 cm³/mol. The summed E-state index contributed by atoms with van der Waals surface area (Å²) >= 11 is 0. The average molecular weight is 289 g/mol. The van der Waals surface area contributed by atoms with E-state index in [2.05, 4.69) is 15.7 Å². The standard InChI is InChI=1S/C13H15N5O3/c1-3-17-8-10(7-15-17)16-13(19)11-6-9(14-2)4-5-12(11)18(20)21/h4-8,14H,3H2,1-2H3,(H,16,19). The minimum Gasteiger partial charge on any atom is -0.388 e. The van der Waals surface area contributed by atoms with Crippen LogP contribution in [0.4, 0.5) is 17.1 Å². The summed E-state index contributed by atoms with van der Waals surface area (Å²) < 4.78 is 1.65. The highest BCUT2D eigenvalue weighted by Crippen LogP contribution is 2.23. The van der Waals surface area contributed by atoms with E-state index in [1.54, 1.807) is 24.0 Å². The molecule has 0 bridgehead atoms. The van der Waals surface area contributed by atoms with Crippen molar-refractivity contribution in [1.82, 2.24) is 9.78 Å². The summed E-state index contributed by atoms with van der Waals surface area (Å²) in [6.07, 6.45) is 3.15. The Kier molecular flexibility index (Phi) is 4.17. The lowest BCUT2D eigenvalue weighted by Crippen LogP contribution is -2.14. The Morgan fingerprint density at radius 3 is 2.76 bits per heavy atom. The fraction of sp³-hybridized carbons (Fsp3) is 0.231. The van der Waals surface area contributed by atoms with Crippen molar-refractivity contribution in [3.05, 3.63) is 46.3 Å². The van der Waals surface area contributed by atoms with Gasteiger partial charge in [-0.05, 0) is 19.1 Å². The Morgan fingerprint density at radius 1 is 1.43 bits per heavy atom. The number of aryl methyl sites for hydroxylation is 1. The molecule has 0 fully saturated rings. The Hall–Kier alpha value is -2.90. The van der Waals surface area contributed by atoms with Crippen molar-refractivity contribution in [3.8, 4) is 0 Å². The molecule has 0 saturated heterocycles. The second-order valence-electron chi connectivity index (χ2n) is 4.28. The second-order valence-corrected chi connectivity index (χ2v) is 4.28. The van der Waals surface area contributed by atoms with Crippen molar-refractivity contribution < 1.29 is 9.72 Å². The number of nitrogens with one attached hydrogen (secondary N) is 2. The maximum atomic E-state index is 12.2. The van der Waals surface area contributed by atoms with Crippen molar-refractivity contribution in [3.63, 3.8) is 0 Å². The van der Waals surface area contributed by atoms with Gasteiger partial charge >= 0.3 is 0 Å². The molecule has 2 N–H and O–H groups in total. The molecule has 0 spiro atoms. The molecule has 0 aliphatic carbocycles. The summed E-state index contributed by atoms with van der Waals surface area (Å²) in [6, 6.07) is 4.29. The lowest BCUT2D eigenvalue weighted by atomic mass is 10.1. The first kappa shape index (κ1) is 14.5. The maximum absolute atomic E-state index is 12.2. The summed E-state index contributed by atoms with van der Waals surface area (Å²) in [6.45, 7) is 2.59. The van der Waals surface area contributed by atoms with Gasteiger partial charge in [0.2, 0.25) is 0 Å². The molecule has 1 aromatic heterocycles. The number of nitrogens with zero attached hydrogens (tertiary/aromatic N) is 3. The zero-order valence-electron chi connectivity index (χ0n) is 11.7. The van der Waals surface area contributed by atoms with Gasteiger partial charge < -0.3 is 10.6 Å². The zero-order chi connectivity index (χ0) is 15.4. The minimum atomic E-state index is -0.580. The van der Waals surface area contributed by atoms with Gasteiger partial charge in [-0.3, -0.25) is 19.6 Å². The number of benzene rings is 1. The number of carbonyl (C=O) groups is 1. The fourth-order valence-corrected chi connectivity index (χ4v) is 1.83. The number of aromatic nitrogens is 2. The summed E-state index contributed by atoms with van der Waals surface area (Å²) in [5, 5.41) is 20.5. The molecule has 2 aromatic rings. The Balaban J connectivity index is 2.30. The predicted octanol–water partition coefficient (Wildman–Crippen LogP) is 2.11. The first-order valence-corrected chi connectivity index (χ1v) is 6.35. The first-order valence-electron chi connectivity index (χ1n) is 6.35. The molecule has 0 atom stereocenters. The van der Waals surface area contributed by atoms with Gasteiger partial charge in [0, 0.05) is 31.5 Å². The summed E-state index contributed by atoms with van der Waals surface area (Å²) in [5.41, 5.74) is 0.867. The van der Waals surface area contributed by atoms with Crippen molar-refractivity contribution in [2.24, 2.45) is 0 Å². The number of carbonyl (C=O) groups excluding carboxylic acids is 1. The lowest BCUT2D eigenvalue weighted by molar-refractivity contribution is -0.385. The van der Waals surface area contributed by atoms with Gasteiger partial charge in [0.15, 0.2) is 0 Å². The molecule has 2 rings (SSSR count). The van der Waals surface area contributed by atoms with Crippen LogP contribution in [0.3, 0.4) is 0 Å². The summed E-state index contributed by atoms with van der Waals surface area (Å²) in [4.78, 5) is 22.7. The Morgan fingerprint density at radius 2 is 2.19 bits per heavy atom. The number of hydrogen-bond acceptors (Lipinski definition) is 5. The Labute approximate surface area is 120 Å². The fourth-order valence-electron chi connectivity index (χ4n) is 1.83. The molecule has 0 aliphatic rings. The van der Waals surface area contributed by atoms with Gasteiger partial charge in [-0.15, -0.1) is 0 Å². The van der Waals surface area contributed by atoms with Crippen LogP contribution < -0.4 is 10.6 Å². The first-order chi connectivity index (χ1) is 10.0. The van der Waals surface area contributed by atoms with Crippen molar-refractivity contribution in [2.45, 2.75) is 13.5 Å². The number of hydrogen-bond donors (Lipinski definition) is 2. The van der Waals surface area contributed by atoms with Crippen LogP contribution in [0.25, 0.3) is 0 Å². The summed E-state index contributed by atoms with van der Waals surface area (Å²) in [7, 11) is 1.67. The maximum Gasteiger partial charge on any atom is 0.282 e. The van der Waals surface area contributed by atoms with Crippen molar-refractivity contribution >= 4 is 23.0 Å². The van der Waals surface area contributed by atoms with Gasteiger partial charge in [-0.1, -0.05) is 0 Å². The van der Waals surface area contributed by atoms with Crippen LogP contribution in [0, 0.1) is 10.1 Å². The van der Waals surface area contributed by atoms with Crippen LogP contribution >= 0.6 is 0 Å². The van der Waals surface area contributed by atoms with Gasteiger partial charge in [0.1, 0.15) is 5.56 Å². The van der Waals surface area contributed by atoms with E-state index in [-0.39, 0.29) is 11.3 Å². The van der Waals surface area contributed by atoms with E-state index in [0.29, 0.717) is 17.9 Å². The zero-order valence-corrected chi connectivity index (χ0v) is 11.7. The minimum absolute atomic E-state index is 0.00361. The number of nitro groups is 1. The molecule has 0 saturated carbocycles. The molecule has 110 valence electrons.